The topological polar surface area (TPSA) is 37.3 Å². The predicted molar refractivity (Wildman–Crippen MR) is 66.6 cm³/mol. The molecule has 3 heteroatoms. The first kappa shape index (κ1) is 14.2. The normalized spacial score (nSPS) is 20.2. The van der Waals surface area contributed by atoms with Gasteiger partial charge in [0.2, 0.25) is 5.83 Å². The van der Waals surface area contributed by atoms with Crippen LogP contribution in [0.2, 0.25) is 0 Å². The van der Waals surface area contributed by atoms with E-state index in [0.717, 1.165) is 25.7 Å². The summed E-state index contributed by atoms with van der Waals surface area (Å²) >= 11 is 0. The number of hydrogen-bond acceptors (Lipinski definition) is 1. The molecule has 0 atom stereocenters. The van der Waals surface area contributed by atoms with Crippen LogP contribution >= 0.6 is 0 Å². The van der Waals surface area contributed by atoms with E-state index in [1.807, 2.05) is 0 Å². The lowest BCUT2D eigenvalue weighted by Gasteiger charge is -2.10. The van der Waals surface area contributed by atoms with Crippen LogP contribution in [0.1, 0.15) is 70.6 Å². The van der Waals surface area contributed by atoms with Crippen LogP contribution in [0, 0.1) is 0 Å². The van der Waals surface area contributed by atoms with Gasteiger partial charge < -0.3 is 5.11 Å². The summed E-state index contributed by atoms with van der Waals surface area (Å²) in [6.07, 6.45) is 11.5. The van der Waals surface area contributed by atoms with Crippen molar-refractivity contribution in [1.29, 1.82) is 0 Å². The Morgan fingerprint density at radius 3 is 1.53 bits per heavy atom. The molecule has 0 heterocycles. The molecule has 0 aromatic rings. The second-order valence-corrected chi connectivity index (χ2v) is 4.90. The molecule has 0 radical (unpaired) electrons. The average molecular weight is 242 g/mol. The summed E-state index contributed by atoms with van der Waals surface area (Å²) in [5.41, 5.74) is 0.526. The molecule has 0 aromatic carbocycles. The molecule has 0 aliphatic heterocycles. The Labute approximate surface area is 103 Å². The monoisotopic (exact) mass is 242 g/mol. The third-order valence-corrected chi connectivity index (χ3v) is 3.46. The van der Waals surface area contributed by atoms with Crippen molar-refractivity contribution in [3.63, 3.8) is 0 Å². The molecule has 0 spiro atoms. The van der Waals surface area contributed by atoms with Crippen LogP contribution in [0.25, 0.3) is 0 Å². The van der Waals surface area contributed by atoms with Crippen molar-refractivity contribution in [2.45, 2.75) is 70.6 Å². The van der Waals surface area contributed by atoms with Crippen LogP contribution in [0.4, 0.5) is 4.39 Å². The largest absolute Gasteiger partial charge is 0.476 e. The van der Waals surface area contributed by atoms with Crippen LogP contribution in [0.5, 0.6) is 0 Å². The van der Waals surface area contributed by atoms with E-state index >= 15 is 0 Å². The van der Waals surface area contributed by atoms with Crippen LogP contribution in [0.15, 0.2) is 11.4 Å². The molecule has 0 aromatic heterocycles. The molecule has 1 aliphatic rings. The molecular weight excluding hydrogens is 219 g/mol. The van der Waals surface area contributed by atoms with Gasteiger partial charge in [0.15, 0.2) is 0 Å². The fourth-order valence-corrected chi connectivity index (χ4v) is 2.41. The Balaban J connectivity index is 2.54. The van der Waals surface area contributed by atoms with Gasteiger partial charge in [-0.25, -0.2) is 4.79 Å². The molecule has 1 aliphatic carbocycles. The smallest absolute Gasteiger partial charge is 0.364 e. The van der Waals surface area contributed by atoms with E-state index in [9.17, 15) is 9.18 Å². The molecule has 1 fully saturated rings. The number of rotatable bonds is 1. The fourth-order valence-electron chi connectivity index (χ4n) is 2.41. The van der Waals surface area contributed by atoms with E-state index in [1.54, 1.807) is 0 Å². The summed E-state index contributed by atoms with van der Waals surface area (Å²) in [5.74, 6) is -2.30. The molecule has 0 amide bonds. The fraction of sp³-hybridized carbons (Fsp3) is 0.786. The minimum atomic E-state index is -1.40. The third kappa shape index (κ3) is 5.85. The van der Waals surface area contributed by atoms with E-state index < -0.39 is 11.8 Å². The highest BCUT2D eigenvalue weighted by Gasteiger charge is 2.13. The molecule has 98 valence electrons. The van der Waals surface area contributed by atoms with Gasteiger partial charge in [0.25, 0.3) is 0 Å². The molecule has 0 bridgehead atoms. The van der Waals surface area contributed by atoms with Crippen LogP contribution < -0.4 is 0 Å². The molecule has 2 nitrogen and oxygen atoms in total. The Morgan fingerprint density at radius 2 is 1.18 bits per heavy atom. The number of halogens is 1. The summed E-state index contributed by atoms with van der Waals surface area (Å²) < 4.78 is 13.4. The Kier molecular flexibility index (Phi) is 6.90. The SMILES string of the molecule is O=C(O)C(F)=C1CCCCCCCCCCC1. The molecule has 17 heavy (non-hydrogen) atoms. The lowest BCUT2D eigenvalue weighted by atomic mass is 9.97. The first-order valence-electron chi connectivity index (χ1n) is 6.82. The standard InChI is InChI=1S/C14H23FO2/c15-13(14(16)17)12-10-8-6-4-2-1-3-5-7-9-11-12/h1-11H2,(H,16,17). The maximum atomic E-state index is 13.4. The van der Waals surface area contributed by atoms with Gasteiger partial charge in [-0.2, -0.15) is 4.39 Å². The minimum Gasteiger partial charge on any atom is -0.476 e. The quantitative estimate of drug-likeness (QED) is 0.682. The van der Waals surface area contributed by atoms with Gasteiger partial charge in [0, 0.05) is 0 Å². The van der Waals surface area contributed by atoms with Crippen LogP contribution in [-0.4, -0.2) is 11.1 Å². The molecule has 0 unspecified atom stereocenters. The van der Waals surface area contributed by atoms with Crippen molar-refractivity contribution >= 4 is 5.97 Å². The van der Waals surface area contributed by atoms with Gasteiger partial charge in [0.1, 0.15) is 0 Å². The van der Waals surface area contributed by atoms with Gasteiger partial charge >= 0.3 is 5.97 Å². The number of carboxylic acid groups (broad SMARTS) is 1. The summed E-state index contributed by atoms with van der Waals surface area (Å²) in [6.45, 7) is 0. The number of hydrogen-bond donors (Lipinski definition) is 1. The van der Waals surface area contributed by atoms with Gasteiger partial charge in [-0.1, -0.05) is 44.9 Å². The van der Waals surface area contributed by atoms with Gasteiger partial charge in [0.05, 0.1) is 0 Å². The average Bonchev–Trinajstić information content (AvgIpc) is 2.29. The summed E-state index contributed by atoms with van der Waals surface area (Å²) in [7, 11) is 0. The first-order valence-corrected chi connectivity index (χ1v) is 6.82. The second kappa shape index (κ2) is 8.26. The lowest BCUT2D eigenvalue weighted by Crippen LogP contribution is -2.01. The highest BCUT2D eigenvalue weighted by Crippen LogP contribution is 2.23. The van der Waals surface area contributed by atoms with Crippen molar-refractivity contribution < 1.29 is 14.3 Å². The van der Waals surface area contributed by atoms with Crippen LogP contribution in [-0.2, 0) is 4.79 Å². The van der Waals surface area contributed by atoms with Crippen LogP contribution in [0.3, 0.4) is 0 Å². The molecule has 1 N–H and O–H groups in total. The maximum Gasteiger partial charge on any atom is 0.364 e. The van der Waals surface area contributed by atoms with E-state index in [1.165, 1.54) is 32.1 Å². The van der Waals surface area contributed by atoms with Crippen molar-refractivity contribution in [2.75, 3.05) is 0 Å². The van der Waals surface area contributed by atoms with E-state index in [4.69, 9.17) is 5.11 Å². The summed E-state index contributed by atoms with van der Waals surface area (Å²) in [5, 5.41) is 8.69. The Hall–Kier alpha value is -0.860. The van der Waals surface area contributed by atoms with E-state index in [0.29, 0.717) is 18.4 Å². The minimum absolute atomic E-state index is 0.526. The number of aliphatic carboxylic acids is 1. The molecule has 0 saturated heterocycles. The Bertz CT molecular complexity index is 257. The molecule has 1 saturated carbocycles. The first-order chi connectivity index (χ1) is 8.22. The van der Waals surface area contributed by atoms with Crippen molar-refractivity contribution in [2.24, 2.45) is 0 Å². The number of carbonyl (C=O) groups is 1. The molecular formula is C14H23FO2. The third-order valence-electron chi connectivity index (χ3n) is 3.46. The zero-order valence-electron chi connectivity index (χ0n) is 10.5. The van der Waals surface area contributed by atoms with E-state index in [2.05, 4.69) is 0 Å². The van der Waals surface area contributed by atoms with Crippen molar-refractivity contribution in [1.82, 2.24) is 0 Å². The highest BCUT2D eigenvalue weighted by molar-refractivity contribution is 5.84. The molecule has 1 rings (SSSR count). The maximum absolute atomic E-state index is 13.4. The summed E-state index contributed by atoms with van der Waals surface area (Å²) in [4.78, 5) is 10.6. The van der Waals surface area contributed by atoms with Crippen molar-refractivity contribution in [3.8, 4) is 0 Å². The van der Waals surface area contributed by atoms with Gasteiger partial charge in [-0.3, -0.25) is 0 Å². The second-order valence-electron chi connectivity index (χ2n) is 4.90. The Morgan fingerprint density at radius 1 is 0.824 bits per heavy atom. The number of carboxylic acids is 1. The van der Waals surface area contributed by atoms with E-state index in [-0.39, 0.29) is 0 Å². The summed E-state index contributed by atoms with van der Waals surface area (Å²) in [6, 6.07) is 0. The van der Waals surface area contributed by atoms with Crippen molar-refractivity contribution in [3.05, 3.63) is 11.4 Å². The zero-order chi connectivity index (χ0) is 12.5. The predicted octanol–water partition coefficient (Wildman–Crippen LogP) is 4.60. The van der Waals surface area contributed by atoms with Gasteiger partial charge in [-0.05, 0) is 31.3 Å². The van der Waals surface area contributed by atoms with Gasteiger partial charge in [-0.15, -0.1) is 0 Å². The zero-order valence-corrected chi connectivity index (χ0v) is 10.5. The number of allylic oxidation sites excluding steroid dienone is 1. The highest BCUT2D eigenvalue weighted by atomic mass is 19.1. The lowest BCUT2D eigenvalue weighted by molar-refractivity contribution is -0.134.